The first-order chi connectivity index (χ1) is 6.80. The average molecular weight is 259 g/mol. The van der Waals surface area contributed by atoms with Crippen LogP contribution in [0.25, 0.3) is 0 Å². The standard InChI is InChI=1S/C9H11BF4N.K/c1-15(2)6-7-3-4-9(11)8(5-7)10(12,13)14;/h3-5H,6H2,1-2H3;/q-1;+1. The van der Waals surface area contributed by atoms with Crippen molar-refractivity contribution in [1.82, 2.24) is 4.90 Å². The molecular weight excluding hydrogens is 248 g/mol. The Labute approximate surface area is 135 Å². The topological polar surface area (TPSA) is 3.24 Å². The molecule has 0 radical (unpaired) electrons. The Morgan fingerprint density at radius 3 is 2.19 bits per heavy atom. The maximum absolute atomic E-state index is 12.9. The Kier molecular flexibility index (Phi) is 6.76. The Hall–Kier alpha value is 0.601. The Morgan fingerprint density at radius 1 is 1.19 bits per heavy atom. The summed E-state index contributed by atoms with van der Waals surface area (Å²) in [7, 11) is 3.48. The molecule has 0 fully saturated rings. The summed E-state index contributed by atoms with van der Waals surface area (Å²) in [5.41, 5.74) is -0.690. The van der Waals surface area contributed by atoms with Crippen LogP contribution >= 0.6 is 0 Å². The Morgan fingerprint density at radius 2 is 1.75 bits per heavy atom. The van der Waals surface area contributed by atoms with Gasteiger partial charge in [-0.05, 0) is 25.7 Å². The molecule has 0 aliphatic carbocycles. The normalized spacial score (nSPS) is 11.4. The molecule has 0 bridgehead atoms. The van der Waals surface area contributed by atoms with Crippen molar-refractivity contribution in [1.29, 1.82) is 0 Å². The SMILES string of the molecule is CN(C)Cc1ccc(F)c([B-](F)(F)F)c1.[K+]. The van der Waals surface area contributed by atoms with E-state index >= 15 is 0 Å². The molecule has 0 atom stereocenters. The minimum absolute atomic E-state index is 0. The van der Waals surface area contributed by atoms with Crippen molar-refractivity contribution >= 4 is 12.4 Å². The molecular formula is C9H11BF4KN. The van der Waals surface area contributed by atoms with Crippen LogP contribution < -0.4 is 56.8 Å². The van der Waals surface area contributed by atoms with Gasteiger partial charge in [0.15, 0.2) is 0 Å². The number of benzene rings is 1. The van der Waals surface area contributed by atoms with E-state index in [1.165, 1.54) is 6.07 Å². The van der Waals surface area contributed by atoms with Gasteiger partial charge >= 0.3 is 58.4 Å². The quantitative estimate of drug-likeness (QED) is 0.494. The molecule has 0 amide bonds. The van der Waals surface area contributed by atoms with E-state index in [2.05, 4.69) is 0 Å². The summed E-state index contributed by atoms with van der Waals surface area (Å²) in [5, 5.41) is 0. The number of hydrogen-bond donors (Lipinski definition) is 0. The van der Waals surface area contributed by atoms with Crippen LogP contribution in [0.2, 0.25) is 0 Å². The molecule has 0 aliphatic heterocycles. The second-order valence-electron chi connectivity index (χ2n) is 3.67. The molecule has 0 N–H and O–H groups in total. The van der Waals surface area contributed by atoms with E-state index in [9.17, 15) is 17.3 Å². The second-order valence-corrected chi connectivity index (χ2v) is 3.67. The fourth-order valence-corrected chi connectivity index (χ4v) is 1.31. The molecule has 84 valence electrons. The van der Waals surface area contributed by atoms with Crippen molar-refractivity contribution in [2.75, 3.05) is 14.1 Å². The van der Waals surface area contributed by atoms with Crippen LogP contribution in [0.5, 0.6) is 0 Å². The van der Waals surface area contributed by atoms with Crippen LogP contribution in [0.1, 0.15) is 5.56 Å². The molecule has 7 heteroatoms. The van der Waals surface area contributed by atoms with Gasteiger partial charge < -0.3 is 17.8 Å². The van der Waals surface area contributed by atoms with Crippen molar-refractivity contribution in [2.45, 2.75) is 6.54 Å². The zero-order chi connectivity index (χ0) is 11.6. The first-order valence-corrected chi connectivity index (χ1v) is 4.43. The van der Waals surface area contributed by atoms with Gasteiger partial charge in [-0.2, -0.15) is 0 Å². The third-order valence-electron chi connectivity index (χ3n) is 1.91. The number of hydrogen-bond acceptors (Lipinski definition) is 1. The molecule has 0 unspecified atom stereocenters. The predicted molar refractivity (Wildman–Crippen MR) is 52.5 cm³/mol. The molecule has 1 aromatic rings. The zero-order valence-electron chi connectivity index (χ0n) is 9.48. The number of nitrogens with zero attached hydrogens (tertiary/aromatic N) is 1. The molecule has 0 aliphatic rings. The predicted octanol–water partition coefficient (Wildman–Crippen LogP) is -1.05. The van der Waals surface area contributed by atoms with Crippen LogP contribution in [0.15, 0.2) is 18.2 Å². The fourth-order valence-electron chi connectivity index (χ4n) is 1.31. The van der Waals surface area contributed by atoms with Crippen molar-refractivity contribution in [3.8, 4) is 0 Å². The largest absolute Gasteiger partial charge is 1.00 e. The first kappa shape index (κ1) is 16.6. The second kappa shape index (κ2) is 6.51. The van der Waals surface area contributed by atoms with E-state index in [0.29, 0.717) is 12.1 Å². The third-order valence-corrected chi connectivity index (χ3v) is 1.91. The van der Waals surface area contributed by atoms with Crippen molar-refractivity contribution < 1.29 is 68.7 Å². The van der Waals surface area contributed by atoms with E-state index in [-0.39, 0.29) is 51.4 Å². The number of rotatable bonds is 3. The summed E-state index contributed by atoms with van der Waals surface area (Å²) >= 11 is 0. The van der Waals surface area contributed by atoms with Crippen molar-refractivity contribution in [3.63, 3.8) is 0 Å². The summed E-state index contributed by atoms with van der Waals surface area (Å²) in [6.07, 6.45) is 0. The minimum Gasteiger partial charge on any atom is -0.445 e. The number of halogens is 4. The average Bonchev–Trinajstić information content (AvgIpc) is 2.05. The molecule has 1 nitrogen and oxygen atoms in total. The van der Waals surface area contributed by atoms with E-state index in [4.69, 9.17) is 0 Å². The Bertz CT molecular complexity index is 354. The summed E-state index contributed by atoms with van der Waals surface area (Å²) in [4.78, 5) is 1.72. The fraction of sp³-hybridized carbons (Fsp3) is 0.333. The van der Waals surface area contributed by atoms with Crippen molar-refractivity contribution in [2.24, 2.45) is 0 Å². The molecule has 0 heterocycles. The zero-order valence-corrected chi connectivity index (χ0v) is 12.6. The van der Waals surface area contributed by atoms with E-state index < -0.39 is 18.3 Å². The summed E-state index contributed by atoms with van der Waals surface area (Å²) < 4.78 is 50.0. The van der Waals surface area contributed by atoms with Crippen LogP contribution in [0, 0.1) is 5.82 Å². The van der Waals surface area contributed by atoms with Gasteiger partial charge in [-0.15, -0.1) is 0 Å². The molecule has 1 aromatic carbocycles. The minimum atomic E-state index is -5.27. The summed E-state index contributed by atoms with van der Waals surface area (Å²) in [6.45, 7) is -4.91. The van der Waals surface area contributed by atoms with Crippen LogP contribution in [0.4, 0.5) is 17.3 Å². The summed E-state index contributed by atoms with van der Waals surface area (Å²) in [6, 6.07) is 3.10. The van der Waals surface area contributed by atoms with E-state index in [0.717, 1.165) is 12.1 Å². The Balaban J connectivity index is 0.00000225. The van der Waals surface area contributed by atoms with Gasteiger partial charge in [0.2, 0.25) is 0 Å². The molecule has 0 saturated heterocycles. The van der Waals surface area contributed by atoms with Gasteiger partial charge in [0, 0.05) is 6.54 Å². The maximum Gasteiger partial charge on any atom is 1.00 e. The van der Waals surface area contributed by atoms with Crippen molar-refractivity contribution in [3.05, 3.63) is 29.6 Å². The van der Waals surface area contributed by atoms with Gasteiger partial charge in [0.25, 0.3) is 0 Å². The molecule has 1 rings (SSSR count). The van der Waals surface area contributed by atoms with Crippen LogP contribution in [-0.2, 0) is 6.54 Å². The third kappa shape index (κ3) is 4.85. The monoisotopic (exact) mass is 259 g/mol. The molecule has 0 aromatic heterocycles. The van der Waals surface area contributed by atoms with Gasteiger partial charge in [-0.3, -0.25) is 0 Å². The molecule has 16 heavy (non-hydrogen) atoms. The maximum atomic E-state index is 12.9. The van der Waals surface area contributed by atoms with Gasteiger partial charge in [-0.25, -0.2) is 4.39 Å². The van der Waals surface area contributed by atoms with Crippen LogP contribution in [-0.4, -0.2) is 26.0 Å². The first-order valence-electron chi connectivity index (χ1n) is 4.43. The van der Waals surface area contributed by atoms with Crippen LogP contribution in [0.3, 0.4) is 0 Å². The smallest absolute Gasteiger partial charge is 0.445 e. The van der Waals surface area contributed by atoms with E-state index in [1.807, 2.05) is 0 Å². The summed E-state index contributed by atoms with van der Waals surface area (Å²) in [5.74, 6) is -1.20. The van der Waals surface area contributed by atoms with Gasteiger partial charge in [-0.1, -0.05) is 17.6 Å². The van der Waals surface area contributed by atoms with Gasteiger partial charge in [0.05, 0.1) is 5.82 Å². The van der Waals surface area contributed by atoms with E-state index in [1.54, 1.807) is 19.0 Å². The van der Waals surface area contributed by atoms with Gasteiger partial charge in [0.1, 0.15) is 0 Å². The molecule has 0 saturated carbocycles. The molecule has 0 spiro atoms.